The van der Waals surface area contributed by atoms with Crippen molar-refractivity contribution in [3.8, 4) is 0 Å². The van der Waals surface area contributed by atoms with Crippen molar-refractivity contribution in [3.05, 3.63) is 24.3 Å². The highest BCUT2D eigenvalue weighted by Gasteiger charge is 2.20. The number of nitrogens with one attached hydrogen (secondary N) is 2. The van der Waals surface area contributed by atoms with Crippen molar-refractivity contribution in [2.24, 2.45) is 5.92 Å². The quantitative estimate of drug-likeness (QED) is 0.871. The highest BCUT2D eigenvalue weighted by atomic mass is 16.2. The van der Waals surface area contributed by atoms with Gasteiger partial charge in [-0.2, -0.15) is 0 Å². The molecule has 0 spiro atoms. The molecule has 0 radical (unpaired) electrons. The first kappa shape index (κ1) is 18.3. The number of piperazine rings is 1. The number of carbonyl (C=O) groups excluding carboxylic acids is 2. The van der Waals surface area contributed by atoms with Crippen molar-refractivity contribution in [3.63, 3.8) is 0 Å². The molecule has 1 aliphatic heterocycles. The van der Waals surface area contributed by atoms with Gasteiger partial charge in [0.2, 0.25) is 5.91 Å². The van der Waals surface area contributed by atoms with E-state index in [0.717, 1.165) is 44.1 Å². The predicted octanol–water partition coefficient (Wildman–Crippen LogP) is 2.84. The van der Waals surface area contributed by atoms with E-state index in [1.54, 1.807) is 24.3 Å². The molecule has 1 aliphatic rings. The van der Waals surface area contributed by atoms with Gasteiger partial charge >= 0.3 is 6.03 Å². The Bertz CT molecular complexity index is 549. The zero-order chi connectivity index (χ0) is 17.5. The Labute approximate surface area is 144 Å². The molecule has 0 aliphatic carbocycles. The number of carbonyl (C=O) groups is 2. The van der Waals surface area contributed by atoms with Crippen molar-refractivity contribution in [2.75, 3.05) is 43.4 Å². The van der Waals surface area contributed by atoms with E-state index >= 15 is 0 Å². The van der Waals surface area contributed by atoms with Crippen LogP contribution in [0.15, 0.2) is 24.3 Å². The lowest BCUT2D eigenvalue weighted by molar-refractivity contribution is -0.114. The molecule has 0 saturated carbocycles. The third-order valence-corrected chi connectivity index (χ3v) is 4.14. The standard InChI is InChI=1S/C18H28N4O2/c1-14(2)8-9-21-10-12-22(13-11-21)18(24)20-17-6-4-16(5-7-17)19-15(3)23/h4-7,14H,8-13H2,1-3H3,(H,19,23)(H,20,24). The van der Waals surface area contributed by atoms with Crippen LogP contribution in [0.5, 0.6) is 0 Å². The van der Waals surface area contributed by atoms with Gasteiger partial charge in [0.1, 0.15) is 0 Å². The van der Waals surface area contributed by atoms with Crippen LogP contribution in [0.4, 0.5) is 16.2 Å². The van der Waals surface area contributed by atoms with Crippen LogP contribution >= 0.6 is 0 Å². The Morgan fingerprint density at radius 1 is 1.00 bits per heavy atom. The normalized spacial score (nSPS) is 15.4. The first-order chi connectivity index (χ1) is 11.4. The largest absolute Gasteiger partial charge is 0.326 e. The number of hydrogen-bond donors (Lipinski definition) is 2. The van der Waals surface area contributed by atoms with Crippen LogP contribution in [0.2, 0.25) is 0 Å². The van der Waals surface area contributed by atoms with Crippen LogP contribution in [-0.2, 0) is 4.79 Å². The van der Waals surface area contributed by atoms with Crippen molar-refractivity contribution in [1.29, 1.82) is 0 Å². The smallest absolute Gasteiger partial charge is 0.321 e. The molecule has 2 N–H and O–H groups in total. The number of amides is 3. The molecule has 2 rings (SSSR count). The Kier molecular flexibility index (Phi) is 6.61. The van der Waals surface area contributed by atoms with Gasteiger partial charge in [-0.1, -0.05) is 13.8 Å². The second-order valence-electron chi connectivity index (χ2n) is 6.70. The van der Waals surface area contributed by atoms with Gasteiger partial charge in [-0.25, -0.2) is 4.79 Å². The molecule has 0 aromatic heterocycles. The van der Waals surface area contributed by atoms with Gasteiger partial charge in [-0.15, -0.1) is 0 Å². The first-order valence-electron chi connectivity index (χ1n) is 8.60. The summed E-state index contributed by atoms with van der Waals surface area (Å²) in [5.41, 5.74) is 1.45. The molecule has 6 nitrogen and oxygen atoms in total. The van der Waals surface area contributed by atoms with Crippen LogP contribution in [0.25, 0.3) is 0 Å². The fourth-order valence-electron chi connectivity index (χ4n) is 2.66. The zero-order valence-corrected chi connectivity index (χ0v) is 14.8. The van der Waals surface area contributed by atoms with Gasteiger partial charge in [-0.3, -0.25) is 9.69 Å². The fourth-order valence-corrected chi connectivity index (χ4v) is 2.66. The Morgan fingerprint density at radius 2 is 1.54 bits per heavy atom. The number of hydrogen-bond acceptors (Lipinski definition) is 3. The van der Waals surface area contributed by atoms with Gasteiger partial charge in [0, 0.05) is 44.5 Å². The molecule has 24 heavy (non-hydrogen) atoms. The van der Waals surface area contributed by atoms with E-state index in [0.29, 0.717) is 5.92 Å². The number of anilines is 2. The molecule has 3 amide bonds. The first-order valence-corrected chi connectivity index (χ1v) is 8.60. The second kappa shape index (κ2) is 8.68. The Balaban J connectivity index is 1.78. The summed E-state index contributed by atoms with van der Waals surface area (Å²) in [6.07, 6.45) is 1.20. The maximum Gasteiger partial charge on any atom is 0.321 e. The van der Waals surface area contributed by atoms with Crippen molar-refractivity contribution in [2.45, 2.75) is 27.2 Å². The molecule has 1 saturated heterocycles. The van der Waals surface area contributed by atoms with Crippen LogP contribution in [0.1, 0.15) is 27.2 Å². The monoisotopic (exact) mass is 332 g/mol. The lowest BCUT2D eigenvalue weighted by Gasteiger charge is -2.35. The summed E-state index contributed by atoms with van der Waals surface area (Å²) >= 11 is 0. The average Bonchev–Trinajstić information content (AvgIpc) is 2.54. The topological polar surface area (TPSA) is 64.7 Å². The number of benzene rings is 1. The Morgan fingerprint density at radius 3 is 2.04 bits per heavy atom. The molecule has 1 aromatic carbocycles. The summed E-state index contributed by atoms with van der Waals surface area (Å²) in [5.74, 6) is 0.605. The molecule has 132 valence electrons. The van der Waals surface area contributed by atoms with E-state index in [4.69, 9.17) is 0 Å². The van der Waals surface area contributed by atoms with Crippen LogP contribution in [-0.4, -0.2) is 54.5 Å². The van der Waals surface area contributed by atoms with Gasteiger partial charge in [0.25, 0.3) is 0 Å². The predicted molar refractivity (Wildman–Crippen MR) is 97.2 cm³/mol. The summed E-state index contributed by atoms with van der Waals surface area (Å²) in [6.45, 7) is 10.4. The van der Waals surface area contributed by atoms with E-state index in [1.165, 1.54) is 13.3 Å². The summed E-state index contributed by atoms with van der Waals surface area (Å²) in [5, 5.41) is 5.62. The number of rotatable bonds is 5. The number of nitrogens with zero attached hydrogens (tertiary/aromatic N) is 2. The average molecular weight is 332 g/mol. The lowest BCUT2D eigenvalue weighted by atomic mass is 10.1. The molecule has 1 heterocycles. The van der Waals surface area contributed by atoms with Gasteiger partial charge < -0.3 is 15.5 Å². The van der Waals surface area contributed by atoms with Crippen LogP contribution in [0.3, 0.4) is 0 Å². The van der Waals surface area contributed by atoms with E-state index in [1.807, 2.05) is 4.90 Å². The molecule has 6 heteroatoms. The van der Waals surface area contributed by atoms with Crippen molar-refractivity contribution in [1.82, 2.24) is 9.80 Å². The SMILES string of the molecule is CC(=O)Nc1ccc(NC(=O)N2CCN(CCC(C)C)CC2)cc1. The maximum absolute atomic E-state index is 12.3. The van der Waals surface area contributed by atoms with E-state index in [2.05, 4.69) is 29.4 Å². The van der Waals surface area contributed by atoms with Crippen molar-refractivity contribution >= 4 is 23.3 Å². The van der Waals surface area contributed by atoms with E-state index in [9.17, 15) is 9.59 Å². The molecule has 0 unspecified atom stereocenters. The maximum atomic E-state index is 12.3. The van der Waals surface area contributed by atoms with Gasteiger partial charge in [0.15, 0.2) is 0 Å². The van der Waals surface area contributed by atoms with Crippen LogP contribution < -0.4 is 10.6 Å². The minimum Gasteiger partial charge on any atom is -0.326 e. The number of urea groups is 1. The van der Waals surface area contributed by atoms with E-state index in [-0.39, 0.29) is 11.9 Å². The second-order valence-corrected chi connectivity index (χ2v) is 6.70. The molecule has 0 bridgehead atoms. The third-order valence-electron chi connectivity index (χ3n) is 4.14. The third kappa shape index (κ3) is 5.85. The van der Waals surface area contributed by atoms with E-state index < -0.39 is 0 Å². The molecular formula is C18H28N4O2. The summed E-state index contributed by atoms with van der Waals surface area (Å²) in [7, 11) is 0. The summed E-state index contributed by atoms with van der Waals surface area (Å²) in [6, 6.07) is 7.08. The molecular weight excluding hydrogens is 304 g/mol. The van der Waals surface area contributed by atoms with Crippen molar-refractivity contribution < 1.29 is 9.59 Å². The summed E-state index contributed by atoms with van der Waals surface area (Å²) < 4.78 is 0. The Hall–Kier alpha value is -2.08. The fraction of sp³-hybridized carbons (Fsp3) is 0.556. The summed E-state index contributed by atoms with van der Waals surface area (Å²) in [4.78, 5) is 27.6. The molecule has 1 aromatic rings. The minimum atomic E-state index is -0.109. The zero-order valence-electron chi connectivity index (χ0n) is 14.8. The highest BCUT2D eigenvalue weighted by Crippen LogP contribution is 2.15. The van der Waals surface area contributed by atoms with Crippen LogP contribution in [0, 0.1) is 5.92 Å². The minimum absolute atomic E-state index is 0.0641. The van der Waals surface area contributed by atoms with Gasteiger partial charge in [-0.05, 0) is 43.1 Å². The molecule has 0 atom stereocenters. The van der Waals surface area contributed by atoms with Gasteiger partial charge in [0.05, 0.1) is 0 Å². The lowest BCUT2D eigenvalue weighted by Crippen LogP contribution is -2.50. The molecule has 1 fully saturated rings. The highest BCUT2D eigenvalue weighted by molar-refractivity contribution is 5.91.